The average molecular weight is 349 g/mol. The number of aldehydes is 1. The largest absolute Gasteiger partial charge is 0.507 e. The summed E-state index contributed by atoms with van der Waals surface area (Å²) in [4.78, 5) is 31.3. The van der Waals surface area contributed by atoms with Crippen molar-refractivity contribution >= 4 is 18.0 Å². The number of phenols is 1. The molecule has 9 heteroatoms. The summed E-state index contributed by atoms with van der Waals surface area (Å²) in [6.07, 6.45) is -4.55. The first-order chi connectivity index (χ1) is 10.8. The van der Waals surface area contributed by atoms with Crippen LogP contribution in [-0.2, 0) is 4.79 Å². The Labute approximate surface area is 136 Å². The lowest BCUT2D eigenvalue weighted by Crippen LogP contribution is -2.39. The molecule has 0 saturated carbocycles. The van der Waals surface area contributed by atoms with E-state index >= 15 is 0 Å². The number of aromatic hydroxyl groups is 1. The zero-order valence-corrected chi connectivity index (χ0v) is 13.3. The van der Waals surface area contributed by atoms with Gasteiger partial charge in [-0.3, -0.25) is 9.59 Å². The van der Waals surface area contributed by atoms with Gasteiger partial charge in [0.1, 0.15) is 5.75 Å². The maximum Gasteiger partial charge on any atom is 0.490 e. The van der Waals surface area contributed by atoms with Gasteiger partial charge < -0.3 is 15.5 Å². The first kappa shape index (κ1) is 21.6. The van der Waals surface area contributed by atoms with Crippen LogP contribution in [0, 0.1) is 0 Å². The maximum absolute atomic E-state index is 11.8. The van der Waals surface area contributed by atoms with Gasteiger partial charge in [-0.2, -0.15) is 13.2 Å². The second-order valence-corrected chi connectivity index (χ2v) is 5.72. The molecule has 0 aliphatic rings. The van der Waals surface area contributed by atoms with Gasteiger partial charge in [-0.15, -0.1) is 0 Å². The fraction of sp³-hybridized carbons (Fsp3) is 0.400. The summed E-state index contributed by atoms with van der Waals surface area (Å²) >= 11 is 0. The second kappa shape index (κ2) is 8.44. The summed E-state index contributed by atoms with van der Waals surface area (Å²) in [5.41, 5.74) is 0.410. The predicted molar refractivity (Wildman–Crippen MR) is 79.3 cm³/mol. The smallest absolute Gasteiger partial charge is 0.490 e. The van der Waals surface area contributed by atoms with Crippen LogP contribution in [0.4, 0.5) is 13.2 Å². The van der Waals surface area contributed by atoms with Crippen LogP contribution in [0.25, 0.3) is 0 Å². The summed E-state index contributed by atoms with van der Waals surface area (Å²) < 4.78 is 31.7. The van der Waals surface area contributed by atoms with Crippen LogP contribution >= 0.6 is 0 Å². The summed E-state index contributed by atoms with van der Waals surface area (Å²) in [5.74, 6) is -2.98. The number of alkyl halides is 3. The highest BCUT2D eigenvalue weighted by atomic mass is 19.4. The molecule has 0 unspecified atom stereocenters. The number of hydrogen-bond donors (Lipinski definition) is 3. The van der Waals surface area contributed by atoms with Crippen molar-refractivity contribution in [1.29, 1.82) is 0 Å². The number of ketones is 1. The molecule has 0 radical (unpaired) electrons. The van der Waals surface area contributed by atoms with Crippen molar-refractivity contribution in [2.75, 3.05) is 6.54 Å². The molecule has 1 aromatic carbocycles. The zero-order chi connectivity index (χ0) is 19.1. The number of hydrogen-bond acceptors (Lipinski definition) is 5. The lowest BCUT2D eigenvalue weighted by Gasteiger charge is -2.19. The summed E-state index contributed by atoms with van der Waals surface area (Å²) in [6, 6.07) is 4.26. The van der Waals surface area contributed by atoms with Gasteiger partial charge in [0.2, 0.25) is 0 Å². The quantitative estimate of drug-likeness (QED) is 0.570. The van der Waals surface area contributed by atoms with Crippen LogP contribution in [0.15, 0.2) is 18.2 Å². The molecule has 6 nitrogen and oxygen atoms in total. The Bertz CT molecular complexity index is 606. The summed E-state index contributed by atoms with van der Waals surface area (Å²) in [7, 11) is 0. The SMILES string of the molecule is CC(C)(C)NCC(=O)c1ccc(O)c(C=O)c1.O=C(O)C(F)(F)F. The number of aliphatic carboxylic acids is 1. The molecule has 0 fully saturated rings. The lowest BCUT2D eigenvalue weighted by molar-refractivity contribution is -0.192. The molecule has 0 heterocycles. The van der Waals surface area contributed by atoms with Crippen molar-refractivity contribution in [3.63, 3.8) is 0 Å². The molecule has 0 saturated heterocycles. The van der Waals surface area contributed by atoms with Crippen LogP contribution in [0.5, 0.6) is 5.75 Å². The van der Waals surface area contributed by atoms with E-state index < -0.39 is 12.1 Å². The van der Waals surface area contributed by atoms with Gasteiger partial charge >= 0.3 is 12.1 Å². The highest BCUT2D eigenvalue weighted by Crippen LogP contribution is 2.16. The number of Topliss-reactive ketones (excluding diaryl/α,β-unsaturated/α-hetero) is 1. The van der Waals surface area contributed by atoms with E-state index in [1.54, 1.807) is 0 Å². The van der Waals surface area contributed by atoms with E-state index in [1.165, 1.54) is 18.2 Å². The van der Waals surface area contributed by atoms with Crippen molar-refractivity contribution in [3.05, 3.63) is 29.3 Å². The first-order valence-electron chi connectivity index (χ1n) is 6.64. The number of rotatable bonds is 4. The van der Waals surface area contributed by atoms with Gasteiger partial charge in [0.05, 0.1) is 12.1 Å². The molecule has 24 heavy (non-hydrogen) atoms. The van der Waals surface area contributed by atoms with E-state index in [0.29, 0.717) is 11.8 Å². The van der Waals surface area contributed by atoms with E-state index in [-0.39, 0.29) is 29.2 Å². The Kier molecular flexibility index (Phi) is 7.59. The van der Waals surface area contributed by atoms with Crippen LogP contribution < -0.4 is 5.32 Å². The third kappa shape index (κ3) is 8.28. The number of carboxylic acids is 1. The molecule has 0 aromatic heterocycles. The van der Waals surface area contributed by atoms with Crippen LogP contribution in [0.3, 0.4) is 0 Å². The maximum atomic E-state index is 11.8. The van der Waals surface area contributed by atoms with E-state index in [2.05, 4.69) is 5.32 Å². The average Bonchev–Trinajstić information content (AvgIpc) is 2.44. The molecule has 3 N–H and O–H groups in total. The number of carbonyl (C=O) groups is 3. The van der Waals surface area contributed by atoms with Crippen LogP contribution in [0.1, 0.15) is 41.5 Å². The van der Waals surface area contributed by atoms with Gasteiger partial charge in [-0.05, 0) is 39.0 Å². The number of nitrogens with one attached hydrogen (secondary N) is 1. The molecular formula is C15H18F3NO5. The zero-order valence-electron chi connectivity index (χ0n) is 13.3. The number of carboxylic acid groups (broad SMARTS) is 1. The molecular weight excluding hydrogens is 331 g/mol. The number of benzene rings is 1. The Morgan fingerprint density at radius 2 is 1.71 bits per heavy atom. The molecule has 0 spiro atoms. The summed E-state index contributed by atoms with van der Waals surface area (Å²) in [5, 5.41) is 19.5. The lowest BCUT2D eigenvalue weighted by atomic mass is 10.0. The monoisotopic (exact) mass is 349 g/mol. The molecule has 0 aliphatic carbocycles. The molecule has 0 atom stereocenters. The Balaban J connectivity index is 0.000000640. The topological polar surface area (TPSA) is 104 Å². The summed E-state index contributed by atoms with van der Waals surface area (Å²) in [6.45, 7) is 6.10. The second-order valence-electron chi connectivity index (χ2n) is 5.72. The van der Waals surface area contributed by atoms with E-state index in [1.807, 2.05) is 20.8 Å². The Hall–Kier alpha value is -2.42. The third-order valence-corrected chi connectivity index (χ3v) is 2.50. The van der Waals surface area contributed by atoms with Gasteiger partial charge in [-0.1, -0.05) is 0 Å². The molecule has 1 aromatic rings. The van der Waals surface area contributed by atoms with Crippen LogP contribution in [0.2, 0.25) is 0 Å². The minimum atomic E-state index is -5.08. The van der Waals surface area contributed by atoms with Crippen LogP contribution in [-0.4, -0.2) is 46.5 Å². The standard InChI is InChI=1S/C13H17NO3.C2HF3O2/c1-13(2,3)14-7-12(17)9-4-5-11(16)10(6-9)8-15;3-2(4,5)1(6)7/h4-6,8,14,16H,7H2,1-3H3;(H,6,7). The number of phenolic OH excluding ortho intramolecular Hbond substituents is 1. The Morgan fingerprint density at radius 1 is 1.21 bits per heavy atom. The van der Waals surface area contributed by atoms with Crippen molar-refractivity contribution in [2.24, 2.45) is 0 Å². The van der Waals surface area contributed by atoms with Crippen molar-refractivity contribution in [1.82, 2.24) is 5.32 Å². The fourth-order valence-electron chi connectivity index (χ4n) is 1.27. The fourth-order valence-corrected chi connectivity index (χ4v) is 1.27. The van der Waals surface area contributed by atoms with Gasteiger partial charge in [0.15, 0.2) is 12.1 Å². The first-order valence-corrected chi connectivity index (χ1v) is 6.64. The normalized spacial score (nSPS) is 11.2. The molecule has 0 bridgehead atoms. The molecule has 134 valence electrons. The highest BCUT2D eigenvalue weighted by molar-refractivity contribution is 5.99. The van der Waals surface area contributed by atoms with E-state index in [4.69, 9.17) is 9.90 Å². The van der Waals surface area contributed by atoms with Gasteiger partial charge in [-0.25, -0.2) is 4.79 Å². The van der Waals surface area contributed by atoms with E-state index in [0.717, 1.165) is 0 Å². The van der Waals surface area contributed by atoms with Gasteiger partial charge in [0, 0.05) is 11.1 Å². The van der Waals surface area contributed by atoms with Gasteiger partial charge in [0.25, 0.3) is 0 Å². The van der Waals surface area contributed by atoms with Crippen molar-refractivity contribution < 1.29 is 37.8 Å². The van der Waals surface area contributed by atoms with E-state index in [9.17, 15) is 27.9 Å². The third-order valence-electron chi connectivity index (χ3n) is 2.50. The highest BCUT2D eigenvalue weighted by Gasteiger charge is 2.38. The predicted octanol–water partition coefficient (Wildman–Crippen LogP) is 2.41. The molecule has 1 rings (SSSR count). The molecule has 0 amide bonds. The Morgan fingerprint density at radius 3 is 2.08 bits per heavy atom. The van der Waals surface area contributed by atoms with Crippen molar-refractivity contribution in [2.45, 2.75) is 32.5 Å². The van der Waals surface area contributed by atoms with Crippen molar-refractivity contribution in [3.8, 4) is 5.75 Å². The minimum absolute atomic E-state index is 0.108. The number of halogens is 3. The number of carbonyl (C=O) groups excluding carboxylic acids is 2. The minimum Gasteiger partial charge on any atom is -0.507 e. The molecule has 0 aliphatic heterocycles.